The van der Waals surface area contributed by atoms with Crippen molar-refractivity contribution in [2.75, 3.05) is 20.8 Å². The molecule has 0 N–H and O–H groups in total. The predicted molar refractivity (Wildman–Crippen MR) is 106 cm³/mol. The van der Waals surface area contributed by atoms with Gasteiger partial charge in [-0.15, -0.1) is 0 Å². The van der Waals surface area contributed by atoms with Gasteiger partial charge in [0.15, 0.2) is 5.17 Å². The van der Waals surface area contributed by atoms with Crippen LogP contribution in [0.1, 0.15) is 12.5 Å². The van der Waals surface area contributed by atoms with Crippen LogP contribution in [0.4, 0.5) is 10.1 Å². The lowest BCUT2D eigenvalue weighted by Gasteiger charge is -2.12. The Morgan fingerprint density at radius 3 is 2.63 bits per heavy atom. The van der Waals surface area contributed by atoms with Gasteiger partial charge in [0.2, 0.25) is 0 Å². The van der Waals surface area contributed by atoms with Gasteiger partial charge in [0.1, 0.15) is 23.0 Å². The van der Waals surface area contributed by atoms with E-state index in [1.807, 2.05) is 13.0 Å². The third kappa shape index (κ3) is 3.98. The minimum atomic E-state index is -0.427. The van der Waals surface area contributed by atoms with Crippen LogP contribution < -0.4 is 9.47 Å². The first-order valence-electron chi connectivity index (χ1n) is 8.34. The Bertz CT molecular complexity index is 927. The number of amidine groups is 1. The van der Waals surface area contributed by atoms with E-state index in [1.165, 1.54) is 22.7 Å². The summed E-state index contributed by atoms with van der Waals surface area (Å²) < 4.78 is 24.5. The third-order valence-electron chi connectivity index (χ3n) is 4.00. The van der Waals surface area contributed by atoms with Crippen molar-refractivity contribution in [3.8, 4) is 11.5 Å². The average molecular weight is 386 g/mol. The largest absolute Gasteiger partial charge is 0.497 e. The standard InChI is InChI=1S/C20H19FN2O3S/c1-4-23-19(24)18(11-13-9-10-14(25-2)12-17(13)26-3)27-20(23)22-16-8-6-5-7-15(16)21/h5-12H,4H2,1-3H3/b18-11+,22-20?. The third-order valence-corrected chi connectivity index (χ3v) is 5.01. The van der Waals surface area contributed by atoms with Crippen LogP contribution >= 0.6 is 11.8 Å². The van der Waals surface area contributed by atoms with Crippen molar-refractivity contribution in [2.45, 2.75) is 6.92 Å². The quantitative estimate of drug-likeness (QED) is 0.712. The number of likely N-dealkylation sites (N-methyl/N-ethyl adjacent to an activating group) is 1. The number of hydrogen-bond acceptors (Lipinski definition) is 5. The van der Waals surface area contributed by atoms with E-state index in [2.05, 4.69) is 4.99 Å². The fraction of sp³-hybridized carbons (Fsp3) is 0.200. The van der Waals surface area contributed by atoms with E-state index in [4.69, 9.17) is 9.47 Å². The highest BCUT2D eigenvalue weighted by Crippen LogP contribution is 2.36. The molecule has 0 saturated carbocycles. The molecule has 0 aromatic heterocycles. The molecule has 7 heteroatoms. The number of halogens is 1. The summed E-state index contributed by atoms with van der Waals surface area (Å²) in [7, 11) is 3.14. The lowest BCUT2D eigenvalue weighted by atomic mass is 10.1. The second-order valence-electron chi connectivity index (χ2n) is 5.61. The molecule has 2 aromatic carbocycles. The van der Waals surface area contributed by atoms with Crippen molar-refractivity contribution in [2.24, 2.45) is 4.99 Å². The summed E-state index contributed by atoms with van der Waals surface area (Å²) in [5.41, 5.74) is 0.951. The van der Waals surface area contributed by atoms with Gasteiger partial charge in [-0.2, -0.15) is 0 Å². The molecular weight excluding hydrogens is 367 g/mol. The number of rotatable bonds is 5. The molecule has 1 aliphatic rings. The number of benzene rings is 2. The summed E-state index contributed by atoms with van der Waals surface area (Å²) >= 11 is 1.21. The zero-order valence-corrected chi connectivity index (χ0v) is 16.0. The van der Waals surface area contributed by atoms with Gasteiger partial charge in [0.25, 0.3) is 5.91 Å². The molecule has 0 unspecified atom stereocenters. The van der Waals surface area contributed by atoms with Crippen LogP contribution in [0, 0.1) is 5.82 Å². The van der Waals surface area contributed by atoms with Crippen LogP contribution in [0.2, 0.25) is 0 Å². The molecule has 1 aliphatic heterocycles. The van der Waals surface area contributed by atoms with Crippen LogP contribution in [-0.4, -0.2) is 36.7 Å². The van der Waals surface area contributed by atoms with Crippen LogP contribution in [0.15, 0.2) is 52.4 Å². The molecule has 0 atom stereocenters. The van der Waals surface area contributed by atoms with Gasteiger partial charge >= 0.3 is 0 Å². The number of thioether (sulfide) groups is 1. The lowest BCUT2D eigenvalue weighted by Crippen LogP contribution is -2.28. The van der Waals surface area contributed by atoms with E-state index < -0.39 is 5.82 Å². The zero-order valence-electron chi connectivity index (χ0n) is 15.2. The Labute approximate surface area is 161 Å². The Morgan fingerprint density at radius 1 is 1.19 bits per heavy atom. The molecule has 140 valence electrons. The number of carbonyl (C=O) groups excluding carboxylic acids is 1. The molecule has 1 heterocycles. The van der Waals surface area contributed by atoms with Crippen molar-refractivity contribution in [3.63, 3.8) is 0 Å². The van der Waals surface area contributed by atoms with E-state index in [1.54, 1.807) is 50.6 Å². The summed E-state index contributed by atoms with van der Waals surface area (Å²) in [5.74, 6) is 0.660. The van der Waals surface area contributed by atoms with E-state index in [-0.39, 0.29) is 11.6 Å². The molecule has 0 spiro atoms. The van der Waals surface area contributed by atoms with Gasteiger partial charge in [-0.25, -0.2) is 9.38 Å². The SMILES string of the molecule is CCN1C(=O)/C(=C\c2ccc(OC)cc2OC)SC1=Nc1ccccc1F. The van der Waals surface area contributed by atoms with Crippen molar-refractivity contribution in [1.82, 2.24) is 4.90 Å². The number of aliphatic imine (C=N–C) groups is 1. The summed E-state index contributed by atoms with van der Waals surface area (Å²) in [6.07, 6.45) is 1.75. The van der Waals surface area contributed by atoms with Gasteiger partial charge < -0.3 is 9.47 Å². The van der Waals surface area contributed by atoms with Crippen molar-refractivity contribution in [3.05, 3.63) is 58.8 Å². The van der Waals surface area contributed by atoms with E-state index in [9.17, 15) is 9.18 Å². The molecule has 0 bridgehead atoms. The predicted octanol–water partition coefficient (Wildman–Crippen LogP) is 4.47. The van der Waals surface area contributed by atoms with Crippen LogP contribution in [0.3, 0.4) is 0 Å². The fourth-order valence-electron chi connectivity index (χ4n) is 2.59. The molecular formula is C20H19FN2O3S. The maximum atomic E-state index is 13.9. The maximum absolute atomic E-state index is 13.9. The molecule has 5 nitrogen and oxygen atoms in total. The molecule has 0 radical (unpaired) electrons. The number of ether oxygens (including phenoxy) is 2. The van der Waals surface area contributed by atoms with E-state index >= 15 is 0 Å². The number of nitrogens with zero attached hydrogens (tertiary/aromatic N) is 2. The van der Waals surface area contributed by atoms with E-state index in [0.29, 0.717) is 28.1 Å². The Hall–Kier alpha value is -2.80. The van der Waals surface area contributed by atoms with Gasteiger partial charge in [-0.3, -0.25) is 9.69 Å². The number of amides is 1. The number of carbonyl (C=O) groups is 1. The van der Waals surface area contributed by atoms with E-state index in [0.717, 1.165) is 5.56 Å². The van der Waals surface area contributed by atoms with Crippen LogP contribution in [-0.2, 0) is 4.79 Å². The minimum absolute atomic E-state index is 0.171. The van der Waals surface area contributed by atoms with Crippen molar-refractivity contribution >= 4 is 34.6 Å². The summed E-state index contributed by atoms with van der Waals surface area (Å²) in [6, 6.07) is 11.6. The Kier molecular flexibility index (Phi) is 5.81. The smallest absolute Gasteiger partial charge is 0.266 e. The molecule has 2 aromatic rings. The monoisotopic (exact) mass is 386 g/mol. The zero-order chi connectivity index (χ0) is 19.4. The topological polar surface area (TPSA) is 51.1 Å². The highest BCUT2D eigenvalue weighted by atomic mass is 32.2. The highest BCUT2D eigenvalue weighted by Gasteiger charge is 2.32. The lowest BCUT2D eigenvalue weighted by molar-refractivity contribution is -0.122. The van der Waals surface area contributed by atoms with Gasteiger partial charge in [0.05, 0.1) is 19.1 Å². The normalized spacial score (nSPS) is 17.0. The number of methoxy groups -OCH3 is 2. The highest BCUT2D eigenvalue weighted by molar-refractivity contribution is 8.18. The maximum Gasteiger partial charge on any atom is 0.266 e. The van der Waals surface area contributed by atoms with Crippen LogP contribution in [0.25, 0.3) is 6.08 Å². The second kappa shape index (κ2) is 8.26. The molecule has 0 aliphatic carbocycles. The minimum Gasteiger partial charge on any atom is -0.497 e. The first-order valence-corrected chi connectivity index (χ1v) is 9.15. The first kappa shape index (κ1) is 19.0. The second-order valence-corrected chi connectivity index (χ2v) is 6.62. The summed E-state index contributed by atoms with van der Waals surface area (Å²) in [6.45, 7) is 2.29. The number of para-hydroxylation sites is 1. The first-order chi connectivity index (χ1) is 13.1. The van der Waals surface area contributed by atoms with Crippen molar-refractivity contribution < 1.29 is 18.7 Å². The Balaban J connectivity index is 1.98. The number of hydrogen-bond donors (Lipinski definition) is 0. The van der Waals surface area contributed by atoms with Gasteiger partial charge in [-0.05, 0) is 49.0 Å². The van der Waals surface area contributed by atoms with Gasteiger partial charge in [0, 0.05) is 18.2 Å². The average Bonchev–Trinajstić information content (AvgIpc) is 2.98. The summed E-state index contributed by atoms with van der Waals surface area (Å²) in [5, 5.41) is 0.450. The Morgan fingerprint density at radius 2 is 1.96 bits per heavy atom. The fourth-order valence-corrected chi connectivity index (χ4v) is 3.64. The summed E-state index contributed by atoms with van der Waals surface area (Å²) in [4.78, 5) is 19.1. The van der Waals surface area contributed by atoms with Crippen LogP contribution in [0.5, 0.6) is 11.5 Å². The molecule has 1 amide bonds. The molecule has 1 fully saturated rings. The molecule has 1 saturated heterocycles. The van der Waals surface area contributed by atoms with Crippen molar-refractivity contribution in [1.29, 1.82) is 0 Å². The van der Waals surface area contributed by atoms with Gasteiger partial charge in [-0.1, -0.05) is 12.1 Å². The molecule has 3 rings (SSSR count). The molecule has 27 heavy (non-hydrogen) atoms.